The Morgan fingerprint density at radius 2 is 1.73 bits per heavy atom. The van der Waals surface area contributed by atoms with E-state index in [1.165, 1.54) is 6.07 Å². The highest BCUT2D eigenvalue weighted by molar-refractivity contribution is 7.91. The lowest BCUT2D eigenvalue weighted by Gasteiger charge is -2.37. The molecule has 4 rings (SSSR count). The van der Waals surface area contributed by atoms with E-state index >= 15 is 0 Å². The molecule has 11 heteroatoms. The Labute approximate surface area is 192 Å². The minimum atomic E-state index is -4.48. The molecule has 3 heterocycles. The number of alkyl halides is 3. The van der Waals surface area contributed by atoms with Crippen LogP contribution in [0.5, 0.6) is 0 Å². The molecule has 0 radical (unpaired) electrons. The highest BCUT2D eigenvalue weighted by atomic mass is 32.2. The van der Waals surface area contributed by atoms with Crippen LogP contribution in [0.15, 0.2) is 18.2 Å². The molecule has 1 N–H and O–H groups in total. The third kappa shape index (κ3) is 6.19. The molecule has 33 heavy (non-hydrogen) atoms. The summed E-state index contributed by atoms with van der Waals surface area (Å²) in [6.45, 7) is 4.19. The zero-order chi connectivity index (χ0) is 23.6. The van der Waals surface area contributed by atoms with Crippen molar-refractivity contribution in [3.63, 3.8) is 0 Å². The SMILES string of the molecule is O=C(CN1CCN(C2CCS(=O)(=O)C2)CC1)Nc1cc(C(F)(F)F)ccc1N1CCCCC1. The highest BCUT2D eigenvalue weighted by Gasteiger charge is 2.34. The van der Waals surface area contributed by atoms with Crippen LogP contribution < -0.4 is 10.2 Å². The first kappa shape index (κ1) is 24.3. The first-order valence-electron chi connectivity index (χ1n) is 11.5. The van der Waals surface area contributed by atoms with Gasteiger partial charge < -0.3 is 10.2 Å². The standard InChI is InChI=1S/C22H31F3N4O3S/c23-22(24,25)17-4-5-20(29-7-2-1-3-8-29)19(14-17)26-21(30)15-27-9-11-28(12-10-27)18-6-13-33(31,32)16-18/h4-5,14,18H,1-3,6-13,15-16H2,(H,26,30). The molecule has 3 saturated heterocycles. The topological polar surface area (TPSA) is 73.0 Å². The number of nitrogens with zero attached hydrogens (tertiary/aromatic N) is 3. The Balaban J connectivity index is 1.37. The van der Waals surface area contributed by atoms with Crippen LogP contribution in [0.2, 0.25) is 0 Å². The lowest BCUT2D eigenvalue weighted by Crippen LogP contribution is -2.52. The molecule has 7 nitrogen and oxygen atoms in total. The average molecular weight is 489 g/mol. The quantitative estimate of drug-likeness (QED) is 0.687. The fourth-order valence-electron chi connectivity index (χ4n) is 4.97. The fourth-order valence-corrected chi connectivity index (χ4v) is 6.73. The van der Waals surface area contributed by atoms with E-state index in [4.69, 9.17) is 0 Å². The van der Waals surface area contributed by atoms with Crippen LogP contribution in [0.25, 0.3) is 0 Å². The molecule has 0 spiro atoms. The Bertz CT molecular complexity index is 956. The maximum atomic E-state index is 13.3. The number of carbonyl (C=O) groups excluding carboxylic acids is 1. The molecule has 1 atom stereocenters. The van der Waals surface area contributed by atoms with Gasteiger partial charge in [-0.15, -0.1) is 0 Å². The van der Waals surface area contributed by atoms with Crippen LogP contribution >= 0.6 is 0 Å². The van der Waals surface area contributed by atoms with Gasteiger partial charge in [0.1, 0.15) is 0 Å². The molecule has 0 aromatic heterocycles. The molecule has 0 bridgehead atoms. The van der Waals surface area contributed by atoms with Crippen molar-refractivity contribution in [2.24, 2.45) is 0 Å². The fraction of sp³-hybridized carbons (Fsp3) is 0.682. The van der Waals surface area contributed by atoms with Gasteiger partial charge >= 0.3 is 6.18 Å². The van der Waals surface area contributed by atoms with Crippen molar-refractivity contribution >= 4 is 27.1 Å². The first-order valence-corrected chi connectivity index (χ1v) is 13.4. The number of benzene rings is 1. The first-order chi connectivity index (χ1) is 15.6. The zero-order valence-corrected chi connectivity index (χ0v) is 19.4. The summed E-state index contributed by atoms with van der Waals surface area (Å²) in [6.07, 6.45) is -0.791. The molecule has 3 fully saturated rings. The maximum absolute atomic E-state index is 13.3. The second kappa shape index (κ2) is 9.79. The molecule has 0 aliphatic carbocycles. The van der Waals surface area contributed by atoms with Crippen molar-refractivity contribution in [3.05, 3.63) is 23.8 Å². The number of carbonyl (C=O) groups is 1. The zero-order valence-electron chi connectivity index (χ0n) is 18.6. The van der Waals surface area contributed by atoms with Crippen LogP contribution in [0.1, 0.15) is 31.2 Å². The molecular weight excluding hydrogens is 457 g/mol. The van der Waals surface area contributed by atoms with Gasteiger partial charge in [0, 0.05) is 45.3 Å². The van der Waals surface area contributed by atoms with E-state index in [0.717, 1.165) is 44.5 Å². The second-order valence-electron chi connectivity index (χ2n) is 9.19. The minimum Gasteiger partial charge on any atom is -0.370 e. The van der Waals surface area contributed by atoms with Gasteiger partial charge in [-0.1, -0.05) is 0 Å². The maximum Gasteiger partial charge on any atom is 0.416 e. The predicted octanol–water partition coefficient (Wildman–Crippen LogP) is 2.44. The minimum absolute atomic E-state index is 0.0446. The van der Waals surface area contributed by atoms with Crippen LogP contribution in [0, 0.1) is 0 Å². The Morgan fingerprint density at radius 1 is 1.03 bits per heavy atom. The lowest BCUT2D eigenvalue weighted by molar-refractivity contribution is -0.137. The van der Waals surface area contributed by atoms with E-state index in [0.29, 0.717) is 38.3 Å². The largest absolute Gasteiger partial charge is 0.416 e. The lowest BCUT2D eigenvalue weighted by atomic mass is 10.1. The van der Waals surface area contributed by atoms with Crippen LogP contribution in [-0.2, 0) is 20.8 Å². The molecule has 3 aliphatic heterocycles. The molecule has 1 amide bonds. The smallest absolute Gasteiger partial charge is 0.370 e. The van der Waals surface area contributed by atoms with Crippen molar-refractivity contribution in [3.8, 4) is 0 Å². The number of halogens is 3. The van der Waals surface area contributed by atoms with Crippen molar-refractivity contribution in [1.82, 2.24) is 9.80 Å². The number of sulfone groups is 1. The number of piperazine rings is 1. The summed E-state index contributed by atoms with van der Waals surface area (Å²) in [5.74, 6) is 0.0864. The van der Waals surface area contributed by atoms with Crippen LogP contribution in [-0.4, -0.2) is 87.5 Å². The van der Waals surface area contributed by atoms with Gasteiger partial charge in [-0.25, -0.2) is 8.42 Å². The van der Waals surface area contributed by atoms with Gasteiger partial charge in [0.15, 0.2) is 9.84 Å². The summed E-state index contributed by atoms with van der Waals surface area (Å²) in [5.41, 5.74) is 0.0496. The number of amides is 1. The second-order valence-corrected chi connectivity index (χ2v) is 11.4. The van der Waals surface area contributed by atoms with E-state index in [2.05, 4.69) is 10.2 Å². The van der Waals surface area contributed by atoms with Crippen molar-refractivity contribution in [2.75, 3.05) is 67.5 Å². The van der Waals surface area contributed by atoms with E-state index in [-0.39, 0.29) is 35.7 Å². The summed E-state index contributed by atoms with van der Waals surface area (Å²) < 4.78 is 63.3. The van der Waals surface area contributed by atoms with E-state index in [1.807, 2.05) is 9.80 Å². The number of rotatable bonds is 5. The Kier molecular flexibility index (Phi) is 7.20. The van der Waals surface area contributed by atoms with Gasteiger partial charge in [-0.2, -0.15) is 13.2 Å². The number of piperidine rings is 1. The summed E-state index contributed by atoms with van der Waals surface area (Å²) >= 11 is 0. The summed E-state index contributed by atoms with van der Waals surface area (Å²) in [6, 6.07) is 3.60. The van der Waals surface area contributed by atoms with Crippen molar-refractivity contribution < 1.29 is 26.4 Å². The molecule has 1 aromatic carbocycles. The van der Waals surface area contributed by atoms with Gasteiger partial charge in [0.2, 0.25) is 5.91 Å². The van der Waals surface area contributed by atoms with Crippen LogP contribution in [0.3, 0.4) is 0 Å². The van der Waals surface area contributed by atoms with Gasteiger partial charge in [-0.3, -0.25) is 14.6 Å². The summed E-state index contributed by atoms with van der Waals surface area (Å²) in [5, 5.41) is 2.73. The number of hydrogen-bond donors (Lipinski definition) is 1. The Hall–Kier alpha value is -1.85. The molecular formula is C22H31F3N4O3S. The molecule has 0 saturated carbocycles. The van der Waals surface area contributed by atoms with Gasteiger partial charge in [-0.05, 0) is 43.9 Å². The van der Waals surface area contributed by atoms with E-state index < -0.39 is 21.6 Å². The van der Waals surface area contributed by atoms with Crippen LogP contribution in [0.4, 0.5) is 24.5 Å². The number of hydrogen-bond acceptors (Lipinski definition) is 6. The molecule has 3 aliphatic rings. The number of anilines is 2. The van der Waals surface area contributed by atoms with Crippen molar-refractivity contribution in [2.45, 2.75) is 37.9 Å². The predicted molar refractivity (Wildman–Crippen MR) is 121 cm³/mol. The summed E-state index contributed by atoms with van der Waals surface area (Å²) in [4.78, 5) is 18.9. The van der Waals surface area contributed by atoms with Crippen molar-refractivity contribution in [1.29, 1.82) is 0 Å². The monoisotopic (exact) mass is 488 g/mol. The van der Waals surface area contributed by atoms with E-state index in [1.54, 1.807) is 0 Å². The molecule has 1 aromatic rings. The molecule has 1 unspecified atom stereocenters. The van der Waals surface area contributed by atoms with Gasteiger partial charge in [0.25, 0.3) is 0 Å². The summed E-state index contributed by atoms with van der Waals surface area (Å²) in [7, 11) is -2.94. The molecule has 184 valence electrons. The Morgan fingerprint density at radius 3 is 2.33 bits per heavy atom. The van der Waals surface area contributed by atoms with E-state index in [9.17, 15) is 26.4 Å². The third-order valence-electron chi connectivity index (χ3n) is 6.79. The number of nitrogens with one attached hydrogen (secondary N) is 1. The normalized spacial score (nSPS) is 24.7. The average Bonchev–Trinajstić information content (AvgIpc) is 3.14. The highest BCUT2D eigenvalue weighted by Crippen LogP contribution is 2.36. The third-order valence-corrected chi connectivity index (χ3v) is 8.54. The van der Waals surface area contributed by atoms with Gasteiger partial charge in [0.05, 0.1) is 35.0 Å².